The van der Waals surface area contributed by atoms with E-state index in [1.165, 1.54) is 0 Å². The van der Waals surface area contributed by atoms with E-state index in [2.05, 4.69) is 10.6 Å². The Kier molecular flexibility index (Phi) is 5.01. The number of amides is 1. The first-order valence-electron chi connectivity index (χ1n) is 7.36. The van der Waals surface area contributed by atoms with E-state index in [0.29, 0.717) is 12.5 Å². The highest BCUT2D eigenvalue weighted by molar-refractivity contribution is 5.79. The number of carbonyl (C=O) groups excluding carboxylic acids is 1. The number of para-hydroxylation sites is 1. The van der Waals surface area contributed by atoms with Gasteiger partial charge >= 0.3 is 0 Å². The number of nitrogens with one attached hydrogen (secondary N) is 2. The molecule has 1 aromatic rings. The smallest absolute Gasteiger partial charge is 0.223 e. The third-order valence-corrected chi connectivity index (χ3v) is 3.98. The van der Waals surface area contributed by atoms with E-state index in [9.17, 15) is 4.79 Å². The van der Waals surface area contributed by atoms with Crippen LogP contribution in [-0.4, -0.2) is 25.6 Å². The normalized spacial score (nSPS) is 17.9. The molecule has 1 heterocycles. The molecular formula is C16H24N2O2. The lowest BCUT2D eigenvalue weighted by molar-refractivity contribution is -0.127. The number of ether oxygens (including phenoxy) is 1. The Morgan fingerprint density at radius 1 is 1.40 bits per heavy atom. The maximum absolute atomic E-state index is 12.3. The van der Waals surface area contributed by atoms with E-state index in [1.807, 2.05) is 45.0 Å². The van der Waals surface area contributed by atoms with Gasteiger partial charge in [-0.15, -0.1) is 0 Å². The summed E-state index contributed by atoms with van der Waals surface area (Å²) in [6.45, 7) is 8.48. The van der Waals surface area contributed by atoms with Crippen molar-refractivity contribution in [1.82, 2.24) is 10.6 Å². The second-order valence-corrected chi connectivity index (χ2v) is 5.41. The summed E-state index contributed by atoms with van der Waals surface area (Å²) in [7, 11) is 0. The molecule has 110 valence electrons. The fourth-order valence-electron chi connectivity index (χ4n) is 2.43. The quantitative estimate of drug-likeness (QED) is 0.837. The summed E-state index contributed by atoms with van der Waals surface area (Å²) in [5.74, 6) is 1.48. The molecule has 0 bridgehead atoms. The molecule has 4 heteroatoms. The molecule has 0 saturated carbocycles. The molecule has 0 aromatic heterocycles. The summed E-state index contributed by atoms with van der Waals surface area (Å²) in [4.78, 5) is 12.3. The zero-order valence-corrected chi connectivity index (χ0v) is 12.5. The fourth-order valence-corrected chi connectivity index (χ4v) is 2.43. The predicted octanol–water partition coefficient (Wildman–Crippen LogP) is 2.12. The molecule has 1 aliphatic heterocycles. The molecule has 1 aromatic carbocycles. The van der Waals surface area contributed by atoms with Gasteiger partial charge in [-0.2, -0.15) is 0 Å². The minimum Gasteiger partial charge on any atom is -0.494 e. The van der Waals surface area contributed by atoms with Gasteiger partial charge in [0.2, 0.25) is 5.91 Å². The van der Waals surface area contributed by atoms with Crippen LogP contribution in [0.5, 0.6) is 5.75 Å². The molecule has 20 heavy (non-hydrogen) atoms. The highest BCUT2D eigenvalue weighted by Gasteiger charge is 2.29. The molecule has 0 spiro atoms. The second kappa shape index (κ2) is 6.75. The van der Waals surface area contributed by atoms with Crippen LogP contribution in [0.25, 0.3) is 0 Å². The van der Waals surface area contributed by atoms with Crippen LogP contribution in [0.1, 0.15) is 32.4 Å². The van der Waals surface area contributed by atoms with Crippen molar-refractivity contribution in [2.45, 2.75) is 26.8 Å². The summed E-state index contributed by atoms with van der Waals surface area (Å²) < 4.78 is 5.62. The highest BCUT2D eigenvalue weighted by Crippen LogP contribution is 2.25. The van der Waals surface area contributed by atoms with Gasteiger partial charge in [-0.3, -0.25) is 4.79 Å². The largest absolute Gasteiger partial charge is 0.494 e. The maximum Gasteiger partial charge on any atom is 0.223 e. The van der Waals surface area contributed by atoms with E-state index in [-0.39, 0.29) is 17.9 Å². The number of benzene rings is 1. The molecule has 0 radical (unpaired) electrons. The first-order chi connectivity index (χ1) is 9.63. The monoisotopic (exact) mass is 276 g/mol. The topological polar surface area (TPSA) is 50.4 Å². The SMILES string of the molecule is CCOc1ccccc1C(C)NC(=O)C(C)C1CNC1. The van der Waals surface area contributed by atoms with E-state index in [0.717, 1.165) is 24.4 Å². The average Bonchev–Trinajstić information content (AvgIpc) is 2.37. The van der Waals surface area contributed by atoms with Crippen LogP contribution in [0.2, 0.25) is 0 Å². The van der Waals surface area contributed by atoms with E-state index < -0.39 is 0 Å². The molecule has 2 atom stereocenters. The summed E-state index contributed by atoms with van der Waals surface area (Å²) in [5, 5.41) is 6.31. The van der Waals surface area contributed by atoms with Gasteiger partial charge in [0.05, 0.1) is 12.6 Å². The van der Waals surface area contributed by atoms with Crippen molar-refractivity contribution in [2.75, 3.05) is 19.7 Å². The van der Waals surface area contributed by atoms with Crippen LogP contribution in [0.3, 0.4) is 0 Å². The summed E-state index contributed by atoms with van der Waals surface area (Å²) in [6, 6.07) is 7.83. The highest BCUT2D eigenvalue weighted by atomic mass is 16.5. The average molecular weight is 276 g/mol. The van der Waals surface area contributed by atoms with Crippen molar-refractivity contribution < 1.29 is 9.53 Å². The summed E-state index contributed by atoms with van der Waals surface area (Å²) in [5.41, 5.74) is 1.03. The molecule has 1 aliphatic rings. The van der Waals surface area contributed by atoms with Crippen molar-refractivity contribution in [3.63, 3.8) is 0 Å². The first-order valence-corrected chi connectivity index (χ1v) is 7.36. The van der Waals surface area contributed by atoms with Gasteiger partial charge < -0.3 is 15.4 Å². The van der Waals surface area contributed by atoms with Crippen LogP contribution in [0.4, 0.5) is 0 Å². The number of hydrogen-bond acceptors (Lipinski definition) is 3. The standard InChI is InChI=1S/C16H24N2O2/c1-4-20-15-8-6-5-7-14(15)12(3)18-16(19)11(2)13-9-17-10-13/h5-8,11-13,17H,4,9-10H2,1-3H3,(H,18,19). The van der Waals surface area contributed by atoms with E-state index in [4.69, 9.17) is 4.74 Å². The molecule has 4 nitrogen and oxygen atoms in total. The van der Waals surface area contributed by atoms with Gasteiger partial charge in [-0.25, -0.2) is 0 Å². The molecule has 2 unspecified atom stereocenters. The third kappa shape index (κ3) is 3.31. The van der Waals surface area contributed by atoms with Crippen molar-refractivity contribution in [3.05, 3.63) is 29.8 Å². The second-order valence-electron chi connectivity index (χ2n) is 5.41. The zero-order valence-electron chi connectivity index (χ0n) is 12.5. The van der Waals surface area contributed by atoms with Gasteiger partial charge in [0.25, 0.3) is 0 Å². The summed E-state index contributed by atoms with van der Waals surface area (Å²) >= 11 is 0. The molecule has 1 amide bonds. The summed E-state index contributed by atoms with van der Waals surface area (Å²) in [6.07, 6.45) is 0. The van der Waals surface area contributed by atoms with Gasteiger partial charge in [0.1, 0.15) is 5.75 Å². The molecule has 0 aliphatic carbocycles. The third-order valence-electron chi connectivity index (χ3n) is 3.98. The lowest BCUT2D eigenvalue weighted by Crippen LogP contribution is -2.49. The Labute approximate surface area is 120 Å². The van der Waals surface area contributed by atoms with E-state index >= 15 is 0 Å². The number of rotatable bonds is 6. The van der Waals surface area contributed by atoms with Crippen LogP contribution >= 0.6 is 0 Å². The number of carbonyl (C=O) groups is 1. The Bertz CT molecular complexity index is 458. The Balaban J connectivity index is 2.00. The first kappa shape index (κ1) is 14.9. The zero-order chi connectivity index (χ0) is 14.5. The van der Waals surface area contributed by atoms with E-state index in [1.54, 1.807) is 0 Å². The van der Waals surface area contributed by atoms with Crippen molar-refractivity contribution in [3.8, 4) is 5.75 Å². The predicted molar refractivity (Wildman–Crippen MR) is 79.7 cm³/mol. The van der Waals surface area contributed by atoms with Crippen molar-refractivity contribution in [1.29, 1.82) is 0 Å². The molecule has 1 fully saturated rings. The molecule has 2 N–H and O–H groups in total. The maximum atomic E-state index is 12.3. The van der Waals surface area contributed by atoms with Gasteiger partial charge in [-0.05, 0) is 38.9 Å². The Morgan fingerprint density at radius 3 is 2.70 bits per heavy atom. The van der Waals surface area contributed by atoms with Crippen LogP contribution in [0.15, 0.2) is 24.3 Å². The van der Waals surface area contributed by atoms with Gasteiger partial charge in [0.15, 0.2) is 0 Å². The Morgan fingerprint density at radius 2 is 2.10 bits per heavy atom. The lowest BCUT2D eigenvalue weighted by atomic mass is 9.88. The number of hydrogen-bond donors (Lipinski definition) is 2. The molecule has 1 saturated heterocycles. The van der Waals surface area contributed by atoms with Crippen molar-refractivity contribution in [2.24, 2.45) is 11.8 Å². The van der Waals surface area contributed by atoms with Gasteiger partial charge in [-0.1, -0.05) is 25.1 Å². The molecular weight excluding hydrogens is 252 g/mol. The fraction of sp³-hybridized carbons (Fsp3) is 0.562. The van der Waals surface area contributed by atoms with Gasteiger partial charge in [0, 0.05) is 11.5 Å². The minimum absolute atomic E-state index is 0.0410. The Hall–Kier alpha value is -1.55. The minimum atomic E-state index is -0.0410. The molecule has 2 rings (SSSR count). The van der Waals surface area contributed by atoms with Crippen LogP contribution in [0, 0.1) is 11.8 Å². The van der Waals surface area contributed by atoms with Crippen LogP contribution in [-0.2, 0) is 4.79 Å². The van der Waals surface area contributed by atoms with Crippen molar-refractivity contribution >= 4 is 5.91 Å². The van der Waals surface area contributed by atoms with Crippen LogP contribution < -0.4 is 15.4 Å². The lowest BCUT2D eigenvalue weighted by Gasteiger charge is -2.32.